The molecule has 0 aliphatic carbocycles. The molecule has 0 saturated carbocycles. The van der Waals surface area contributed by atoms with E-state index in [0.717, 1.165) is 13.8 Å². The maximum atomic E-state index is 9.00. The highest BCUT2D eigenvalue weighted by atomic mass is 24.3. The molecule has 0 saturated heterocycles. The van der Waals surface area contributed by atoms with E-state index in [9.17, 15) is 0 Å². The van der Waals surface area contributed by atoms with Crippen LogP contribution >= 0.6 is 0 Å². The summed E-state index contributed by atoms with van der Waals surface area (Å²) in [5, 5.41) is 14.8. The van der Waals surface area contributed by atoms with E-state index in [0.29, 0.717) is 0 Å². The second-order valence-electron chi connectivity index (χ2n) is 1.04. The van der Waals surface area contributed by atoms with Crippen LogP contribution in [-0.4, -0.2) is 90.2 Å². The number of carboxylic acid groups (broad SMARTS) is 2. The molecular formula is C4H20Mg2O8. The third-order valence-electron chi connectivity index (χ3n) is 0. The number of hydrogen-bond acceptors (Lipinski definition) is 2. The van der Waals surface area contributed by atoms with E-state index in [2.05, 4.69) is 0 Å². The van der Waals surface area contributed by atoms with E-state index in [-0.39, 0.29) is 68.0 Å². The van der Waals surface area contributed by atoms with Gasteiger partial charge in [-0.2, -0.15) is 0 Å². The molecule has 10 N–H and O–H groups in total. The van der Waals surface area contributed by atoms with Crippen LogP contribution in [0.5, 0.6) is 0 Å². The number of carbonyl (C=O) groups is 2. The van der Waals surface area contributed by atoms with E-state index in [1.165, 1.54) is 0 Å². The summed E-state index contributed by atoms with van der Waals surface area (Å²) in [6.45, 7) is 2.17. The molecule has 0 aromatic carbocycles. The zero-order valence-corrected chi connectivity index (χ0v) is 6.71. The van der Waals surface area contributed by atoms with Crippen molar-refractivity contribution in [2.24, 2.45) is 0 Å². The van der Waals surface area contributed by atoms with Crippen molar-refractivity contribution in [1.29, 1.82) is 0 Å². The lowest BCUT2D eigenvalue weighted by Crippen LogP contribution is -1.78. The smallest absolute Gasteiger partial charge is 0.316 e. The molecule has 0 radical (unpaired) electrons. The molecule has 0 unspecified atom stereocenters. The molecule has 0 aliphatic heterocycles. The van der Waals surface area contributed by atoms with Crippen LogP contribution in [0.3, 0.4) is 0 Å². The van der Waals surface area contributed by atoms with Crippen LogP contribution < -0.4 is 0 Å². The van der Waals surface area contributed by atoms with Gasteiger partial charge in [-0.3, -0.25) is 9.59 Å². The first kappa shape index (κ1) is 63.7. The summed E-state index contributed by atoms with van der Waals surface area (Å²) in [5.74, 6) is -1.67. The van der Waals surface area contributed by atoms with Crippen molar-refractivity contribution in [2.45, 2.75) is 13.8 Å². The lowest BCUT2D eigenvalue weighted by molar-refractivity contribution is -0.135. The summed E-state index contributed by atoms with van der Waals surface area (Å²) in [4.78, 5) is 18.0. The molecule has 0 atom stereocenters. The van der Waals surface area contributed by atoms with Crippen molar-refractivity contribution in [3.05, 3.63) is 0 Å². The van der Waals surface area contributed by atoms with Crippen molar-refractivity contribution in [2.75, 3.05) is 0 Å². The Kier molecular flexibility index (Phi) is 230. The number of hydrogen-bond donors (Lipinski definition) is 2. The fourth-order valence-corrected chi connectivity index (χ4v) is 0. The van der Waals surface area contributed by atoms with Gasteiger partial charge in [-0.25, -0.2) is 0 Å². The molecule has 88 valence electrons. The van der Waals surface area contributed by atoms with Gasteiger partial charge in [0.05, 0.1) is 0 Å². The second-order valence-corrected chi connectivity index (χ2v) is 1.04. The number of carboxylic acids is 2. The molecule has 0 bridgehead atoms. The summed E-state index contributed by atoms with van der Waals surface area (Å²) in [5.41, 5.74) is 0. The number of aliphatic carboxylic acids is 2. The van der Waals surface area contributed by atoms with Gasteiger partial charge in [0.15, 0.2) is 0 Å². The Morgan fingerprint density at radius 1 is 0.714 bits per heavy atom. The van der Waals surface area contributed by atoms with E-state index < -0.39 is 11.9 Å². The van der Waals surface area contributed by atoms with Gasteiger partial charge >= 0.3 is 46.1 Å². The fourth-order valence-electron chi connectivity index (χ4n) is 0. The van der Waals surface area contributed by atoms with Crippen molar-refractivity contribution < 1.29 is 41.7 Å². The molecule has 14 heavy (non-hydrogen) atoms. The molecule has 0 aromatic heterocycles. The van der Waals surface area contributed by atoms with Crippen LogP contribution in [0.25, 0.3) is 0 Å². The molecule has 8 nitrogen and oxygen atoms in total. The van der Waals surface area contributed by atoms with E-state index in [1.54, 1.807) is 0 Å². The minimum absolute atomic E-state index is 0. The maximum absolute atomic E-state index is 9.00. The highest BCUT2D eigenvalue weighted by Crippen LogP contribution is 1.42. The quantitative estimate of drug-likeness (QED) is 0.402. The highest BCUT2D eigenvalue weighted by molar-refractivity contribution is 5.76. The van der Waals surface area contributed by atoms with Crippen molar-refractivity contribution in [3.8, 4) is 0 Å². The first-order chi connectivity index (χ1) is 3.46. The van der Waals surface area contributed by atoms with Gasteiger partial charge in [0.1, 0.15) is 0 Å². The third-order valence-corrected chi connectivity index (χ3v) is 0. The summed E-state index contributed by atoms with van der Waals surface area (Å²) in [6.07, 6.45) is 0. The average Bonchev–Trinajstić information content (AvgIpc) is 1.25. The van der Waals surface area contributed by atoms with E-state index in [1.807, 2.05) is 0 Å². The zero-order chi connectivity index (χ0) is 7.15. The average molecular weight is 245 g/mol. The van der Waals surface area contributed by atoms with Crippen LogP contribution in [0.4, 0.5) is 0 Å². The highest BCUT2D eigenvalue weighted by Gasteiger charge is 1.65. The summed E-state index contributed by atoms with van der Waals surface area (Å²) in [6, 6.07) is 0. The topological polar surface area (TPSA) is 201 Å². The Morgan fingerprint density at radius 2 is 0.714 bits per heavy atom. The Morgan fingerprint density at radius 3 is 0.714 bits per heavy atom. The molecule has 0 heterocycles. The molecule has 0 aliphatic rings. The molecule has 0 aromatic rings. The number of rotatable bonds is 0. The Bertz CT molecular complexity index is 77.3. The lowest BCUT2D eigenvalue weighted by atomic mass is 10.9. The van der Waals surface area contributed by atoms with Gasteiger partial charge in [-0.15, -0.1) is 0 Å². The van der Waals surface area contributed by atoms with Crippen molar-refractivity contribution >= 4 is 58.0 Å². The molecular weight excluding hydrogens is 225 g/mol. The Labute approximate surface area is 113 Å². The second kappa shape index (κ2) is 50.6. The minimum atomic E-state index is -0.833. The lowest BCUT2D eigenvalue weighted by Gasteiger charge is -1.59. The third kappa shape index (κ3) is 16100. The monoisotopic (exact) mass is 244 g/mol. The normalized spacial score (nSPS) is 3.57. The van der Waals surface area contributed by atoms with Gasteiger partial charge in [-0.1, -0.05) is 0 Å². The standard InChI is InChI=1S/2C2H4O2.2Mg.4H2O.4H/c2*1-2(3)4;;;;;;;;;;/h2*1H3,(H,3,4);;;4*1H2;;;;. The van der Waals surface area contributed by atoms with E-state index in [4.69, 9.17) is 19.8 Å². The largest absolute Gasteiger partial charge is 0.481 e. The first-order valence-corrected chi connectivity index (χ1v) is 1.86. The van der Waals surface area contributed by atoms with Crippen molar-refractivity contribution in [1.82, 2.24) is 0 Å². The SMILES string of the molecule is CC(=O)O.CC(=O)O.O.O.O.O.[MgH2].[MgH2]. The zero-order valence-electron chi connectivity index (χ0n) is 6.71. The Hall–Kier alpha value is 0.312. The van der Waals surface area contributed by atoms with E-state index >= 15 is 0 Å². The predicted octanol–water partition coefficient (Wildman–Crippen LogP) is -4.95. The van der Waals surface area contributed by atoms with Crippen molar-refractivity contribution in [3.63, 3.8) is 0 Å². The van der Waals surface area contributed by atoms with Gasteiger partial charge in [0.25, 0.3) is 11.9 Å². The Balaban J connectivity index is -0.00000000600. The fraction of sp³-hybridized carbons (Fsp3) is 0.500. The molecule has 10 heteroatoms. The molecule has 0 rings (SSSR count). The van der Waals surface area contributed by atoms with Crippen LogP contribution in [0.15, 0.2) is 0 Å². The maximum Gasteiger partial charge on any atom is 0.316 e. The molecule has 0 fully saturated rings. The van der Waals surface area contributed by atoms with Gasteiger partial charge < -0.3 is 32.1 Å². The minimum Gasteiger partial charge on any atom is -0.481 e. The summed E-state index contributed by atoms with van der Waals surface area (Å²) in [7, 11) is 0. The van der Waals surface area contributed by atoms with Crippen LogP contribution in [0.1, 0.15) is 13.8 Å². The van der Waals surface area contributed by atoms with Gasteiger partial charge in [0.2, 0.25) is 0 Å². The van der Waals surface area contributed by atoms with Crippen LogP contribution in [0, 0.1) is 0 Å². The summed E-state index contributed by atoms with van der Waals surface area (Å²) >= 11 is 0. The predicted molar refractivity (Wildman–Crippen MR) is 58.2 cm³/mol. The molecule has 0 amide bonds. The van der Waals surface area contributed by atoms with Crippen LogP contribution in [-0.2, 0) is 9.59 Å². The van der Waals surface area contributed by atoms with Gasteiger partial charge in [0, 0.05) is 13.8 Å². The van der Waals surface area contributed by atoms with Gasteiger partial charge in [-0.05, 0) is 0 Å². The first-order valence-electron chi connectivity index (χ1n) is 1.86. The van der Waals surface area contributed by atoms with Crippen LogP contribution in [0.2, 0.25) is 0 Å². The molecule has 0 spiro atoms. The summed E-state index contributed by atoms with van der Waals surface area (Å²) < 4.78 is 0.